The van der Waals surface area contributed by atoms with Crippen molar-refractivity contribution in [1.82, 2.24) is 0 Å². The van der Waals surface area contributed by atoms with Crippen molar-refractivity contribution >= 4 is 22.1 Å². The van der Waals surface area contributed by atoms with E-state index in [0.717, 1.165) is 18.2 Å². The van der Waals surface area contributed by atoms with Gasteiger partial charge in [-0.05, 0) is 6.08 Å². The van der Waals surface area contributed by atoms with E-state index >= 15 is 0 Å². The van der Waals surface area contributed by atoms with Crippen molar-refractivity contribution in [3.8, 4) is 0 Å². The molecule has 1 aliphatic carbocycles. The van der Waals surface area contributed by atoms with Gasteiger partial charge in [-0.3, -0.25) is 9.35 Å². The monoisotopic (exact) mass is 270 g/mol. The van der Waals surface area contributed by atoms with Crippen LogP contribution >= 0.6 is 0 Å². The summed E-state index contributed by atoms with van der Waals surface area (Å²) >= 11 is 0. The van der Waals surface area contributed by atoms with E-state index in [9.17, 15) is 23.1 Å². The Balaban J connectivity index is 0.00000256. The van der Waals surface area contributed by atoms with Crippen molar-refractivity contribution in [3.05, 3.63) is 24.3 Å². The summed E-state index contributed by atoms with van der Waals surface area (Å²) in [6, 6.07) is 0. The quantitative estimate of drug-likeness (QED) is 0.388. The second-order valence-corrected chi connectivity index (χ2v) is 4.74. The Labute approximate surface area is 119 Å². The van der Waals surface area contributed by atoms with E-state index in [2.05, 4.69) is 0 Å². The largest absolute Gasteiger partial charge is 1.00 e. The van der Waals surface area contributed by atoms with Gasteiger partial charge in [0.2, 0.25) is 4.75 Å². The van der Waals surface area contributed by atoms with E-state index in [0.29, 0.717) is 6.08 Å². The average molecular weight is 270 g/mol. The van der Waals surface area contributed by atoms with Gasteiger partial charge in [-0.2, -0.15) is 8.42 Å². The molecule has 9 heteroatoms. The fourth-order valence-corrected chi connectivity index (χ4v) is 2.40. The summed E-state index contributed by atoms with van der Waals surface area (Å²) in [5.41, 5.74) is 0. The van der Waals surface area contributed by atoms with E-state index in [4.69, 9.17) is 9.66 Å². The molecule has 2 unspecified atom stereocenters. The summed E-state index contributed by atoms with van der Waals surface area (Å²) in [5.74, 6) is -5.87. The number of carboxylic acids is 2. The van der Waals surface area contributed by atoms with Crippen molar-refractivity contribution in [2.75, 3.05) is 0 Å². The van der Waals surface area contributed by atoms with Crippen molar-refractivity contribution in [2.45, 2.75) is 4.75 Å². The first kappa shape index (κ1) is 16.3. The summed E-state index contributed by atoms with van der Waals surface area (Å²) in [5, 5.41) is 19.5. The van der Waals surface area contributed by atoms with Gasteiger partial charge in [-0.1, -0.05) is 18.2 Å². The Hall–Kier alpha value is -0.670. The van der Waals surface area contributed by atoms with Crippen LogP contribution in [0.1, 0.15) is 0 Å². The van der Waals surface area contributed by atoms with Crippen LogP contribution in [0, 0.1) is 5.92 Å². The molecule has 0 spiro atoms. The van der Waals surface area contributed by atoms with Gasteiger partial charge < -0.3 is 15.0 Å². The molecule has 0 saturated heterocycles. The Bertz CT molecular complexity index is 492. The zero-order chi connectivity index (χ0) is 12.6. The number of rotatable bonds is 3. The van der Waals surface area contributed by atoms with Crippen LogP contribution in [0.3, 0.4) is 0 Å². The molecule has 1 rings (SSSR count). The van der Waals surface area contributed by atoms with Crippen LogP contribution in [0.15, 0.2) is 24.3 Å². The molecule has 0 radical (unpaired) electrons. The van der Waals surface area contributed by atoms with E-state index in [1.54, 1.807) is 0 Å². The number of allylic oxidation sites excluding steroid dienone is 2. The summed E-state index contributed by atoms with van der Waals surface area (Å²) in [7, 11) is -5.14. The third-order valence-corrected chi connectivity index (χ3v) is 3.65. The Kier molecular flexibility index (Phi) is 5.11. The molecule has 0 bridgehead atoms. The average Bonchev–Trinajstić information content (AvgIpc) is 2.15. The van der Waals surface area contributed by atoms with Gasteiger partial charge in [0.1, 0.15) is 0 Å². The van der Waals surface area contributed by atoms with Crippen LogP contribution in [0.5, 0.6) is 0 Å². The predicted molar refractivity (Wildman–Crippen MR) is 48.7 cm³/mol. The van der Waals surface area contributed by atoms with Gasteiger partial charge in [0, 0.05) is 0 Å². The minimum Gasteiger partial charge on any atom is -0.549 e. The van der Waals surface area contributed by atoms with Crippen molar-refractivity contribution < 1.29 is 62.3 Å². The molecule has 2 atom stereocenters. The third-order valence-electron chi connectivity index (χ3n) is 2.24. The van der Waals surface area contributed by atoms with E-state index in [1.807, 2.05) is 0 Å². The van der Waals surface area contributed by atoms with E-state index in [1.165, 1.54) is 0 Å². The maximum absolute atomic E-state index is 11.1. The van der Waals surface area contributed by atoms with Gasteiger partial charge in [0.15, 0.2) is 0 Å². The molecule has 0 aromatic heterocycles. The molecule has 0 saturated carbocycles. The van der Waals surface area contributed by atoms with Crippen LogP contribution in [0.4, 0.5) is 0 Å². The fraction of sp³-hybridized carbons (Fsp3) is 0.250. The van der Waals surface area contributed by atoms with Crippen LogP contribution in [-0.2, 0) is 19.7 Å². The molecule has 2 N–H and O–H groups in total. The number of aliphatic carboxylic acids is 2. The number of hydrogen-bond donors (Lipinski definition) is 2. The summed E-state index contributed by atoms with van der Waals surface area (Å²) in [4.78, 5) is 21.6. The molecule has 0 heterocycles. The van der Waals surface area contributed by atoms with E-state index in [-0.39, 0.29) is 29.6 Å². The zero-order valence-electron chi connectivity index (χ0n) is 8.73. The Morgan fingerprint density at radius 2 is 1.82 bits per heavy atom. The fourth-order valence-electron chi connectivity index (χ4n) is 1.44. The molecular weight excluding hydrogens is 263 g/mol. The van der Waals surface area contributed by atoms with Crippen molar-refractivity contribution in [2.24, 2.45) is 5.92 Å². The minimum absolute atomic E-state index is 0. The summed E-state index contributed by atoms with van der Waals surface area (Å²) in [6.07, 6.45) is 3.62. The number of carboxylic acid groups (broad SMARTS) is 2. The topological polar surface area (TPSA) is 132 Å². The SMILES string of the molecule is O=C([O-])C1C=CC=CC1(C(=O)O)S(=O)(=O)O.[Na+]. The van der Waals surface area contributed by atoms with Crippen LogP contribution < -0.4 is 34.7 Å². The second-order valence-electron chi connectivity index (χ2n) is 3.11. The maximum Gasteiger partial charge on any atom is 1.00 e. The third kappa shape index (κ3) is 2.61. The summed E-state index contributed by atoms with van der Waals surface area (Å²) < 4.78 is 28.1. The molecular formula is C8H7NaO7S. The smallest absolute Gasteiger partial charge is 0.549 e. The first-order valence-corrected chi connectivity index (χ1v) is 5.45. The molecule has 88 valence electrons. The Morgan fingerprint density at radius 1 is 1.29 bits per heavy atom. The molecule has 0 fully saturated rings. The molecule has 0 aromatic rings. The normalized spacial score (nSPS) is 27.2. The first-order chi connectivity index (χ1) is 7.23. The molecule has 17 heavy (non-hydrogen) atoms. The molecule has 0 amide bonds. The van der Waals surface area contributed by atoms with Crippen LogP contribution in [0.25, 0.3) is 0 Å². The minimum atomic E-state index is -5.14. The standard InChI is InChI=1S/C8H8O7S.Na/c9-6(10)5-3-1-2-4-8(5,7(11)12)16(13,14)15;/h1-5H,(H,9,10)(H,11,12)(H,13,14,15);/q;+1/p-1. The van der Waals surface area contributed by atoms with Crippen LogP contribution in [-0.4, -0.2) is 34.8 Å². The number of carbonyl (C=O) groups is 2. The second kappa shape index (κ2) is 5.32. The zero-order valence-corrected chi connectivity index (χ0v) is 11.5. The van der Waals surface area contributed by atoms with Crippen LogP contribution in [0.2, 0.25) is 0 Å². The van der Waals surface area contributed by atoms with E-state index < -0.39 is 32.7 Å². The van der Waals surface area contributed by atoms with Gasteiger partial charge in [-0.25, -0.2) is 0 Å². The van der Waals surface area contributed by atoms with Crippen molar-refractivity contribution in [3.63, 3.8) is 0 Å². The van der Waals surface area contributed by atoms with Crippen molar-refractivity contribution in [1.29, 1.82) is 0 Å². The van der Waals surface area contributed by atoms with Gasteiger partial charge >= 0.3 is 35.5 Å². The van der Waals surface area contributed by atoms with Gasteiger partial charge in [0.25, 0.3) is 10.1 Å². The first-order valence-electron chi connectivity index (χ1n) is 4.01. The molecule has 0 aliphatic heterocycles. The maximum atomic E-state index is 11.1. The van der Waals surface area contributed by atoms with Gasteiger partial charge in [0.05, 0.1) is 11.9 Å². The van der Waals surface area contributed by atoms with Gasteiger partial charge in [-0.15, -0.1) is 0 Å². The molecule has 0 aromatic carbocycles. The molecule has 7 nitrogen and oxygen atoms in total. The number of carbonyl (C=O) groups excluding carboxylic acids is 1. The molecule has 1 aliphatic rings. The Morgan fingerprint density at radius 3 is 2.12 bits per heavy atom. The summed E-state index contributed by atoms with van der Waals surface area (Å²) in [6.45, 7) is 0. The predicted octanol–water partition coefficient (Wildman–Crippen LogP) is -4.81. The number of hydrogen-bond acceptors (Lipinski definition) is 5.